The van der Waals surface area contributed by atoms with Gasteiger partial charge in [0.25, 0.3) is 0 Å². The highest BCUT2D eigenvalue weighted by atomic mass is 32.1. The van der Waals surface area contributed by atoms with E-state index >= 15 is 0 Å². The number of carbonyl (C=O) groups is 2. The molecule has 0 saturated carbocycles. The van der Waals surface area contributed by atoms with Crippen LogP contribution in [0.15, 0.2) is 94.5 Å². The topological polar surface area (TPSA) is 121 Å². The minimum Gasteiger partial charge on any atom is -0.494 e. The van der Waals surface area contributed by atoms with E-state index in [1.807, 2.05) is 127 Å². The number of ether oxygens (including phenoxy) is 5. The van der Waals surface area contributed by atoms with Gasteiger partial charge in [-0.2, -0.15) is 0 Å². The van der Waals surface area contributed by atoms with Gasteiger partial charge in [0.05, 0.1) is 44.9 Å². The quantitative estimate of drug-likeness (QED) is 0.0328. The normalized spacial score (nSPS) is 12.2. The molecular formula is C50H60N2O9S2. The van der Waals surface area contributed by atoms with Crippen LogP contribution in [-0.2, 0) is 23.8 Å². The van der Waals surface area contributed by atoms with E-state index in [1.165, 1.54) is 0 Å². The van der Waals surface area contributed by atoms with Gasteiger partial charge in [-0.15, -0.1) is 22.7 Å². The van der Waals surface area contributed by atoms with E-state index in [1.54, 1.807) is 22.7 Å². The fraction of sp³-hybridized carbons (Fsp3) is 0.440. The Kier molecular flexibility index (Phi) is 16.7. The van der Waals surface area contributed by atoms with Crippen LogP contribution in [0.4, 0.5) is 0 Å². The molecule has 0 fully saturated rings. The molecule has 2 heterocycles. The monoisotopic (exact) mass is 896 g/mol. The average molecular weight is 897 g/mol. The smallest absolute Gasteiger partial charge is 0.307 e. The van der Waals surface area contributed by atoms with Crippen LogP contribution < -0.4 is 20.3 Å². The highest BCUT2D eigenvalue weighted by Gasteiger charge is 2.26. The van der Waals surface area contributed by atoms with Crippen LogP contribution in [0.3, 0.4) is 0 Å². The third kappa shape index (κ3) is 14.0. The zero-order chi connectivity index (χ0) is 45.0. The van der Waals surface area contributed by atoms with Crippen molar-refractivity contribution in [3.63, 3.8) is 0 Å². The molecule has 336 valence electrons. The standard InChI is InChI=1S/C50H60N2O9S2/c1-49(2,23-31-59-45(53)21-27-51(5)25-11-29-57-35-17-19-43-39(33-35)47(55)37-13-7-9-15-41(37)62-43)60-32-24-50(3,4)61-46(54)22-28-52(6)26-12-30-58-36-18-20-44-40(34-36)48(56)38-14-8-10-16-42(38)63-44/h7-10,13-20,33-34H,11-12,21-32H2,1-6H3. The lowest BCUT2D eigenvalue weighted by atomic mass is 10.0. The first kappa shape index (κ1) is 47.6. The van der Waals surface area contributed by atoms with Gasteiger partial charge in [0.15, 0.2) is 10.9 Å². The molecule has 0 amide bonds. The fourth-order valence-corrected chi connectivity index (χ4v) is 9.22. The van der Waals surface area contributed by atoms with Gasteiger partial charge in [-0.3, -0.25) is 19.2 Å². The number of rotatable bonds is 24. The van der Waals surface area contributed by atoms with E-state index in [4.69, 9.17) is 23.7 Å². The molecule has 11 nitrogen and oxygen atoms in total. The Hall–Kier alpha value is -4.92. The van der Waals surface area contributed by atoms with Crippen molar-refractivity contribution in [1.82, 2.24) is 9.80 Å². The second kappa shape index (κ2) is 22.1. The summed E-state index contributed by atoms with van der Waals surface area (Å²) in [6.07, 6.45) is 3.13. The Bertz CT molecular complexity index is 2620. The molecule has 2 aromatic heterocycles. The van der Waals surface area contributed by atoms with Gasteiger partial charge in [-0.1, -0.05) is 24.3 Å². The Labute approximate surface area is 377 Å². The molecule has 0 radical (unpaired) electrons. The van der Waals surface area contributed by atoms with E-state index in [0.717, 1.165) is 55.5 Å². The number of benzene rings is 4. The number of fused-ring (bicyclic) bond motifs is 4. The fourth-order valence-electron chi connectivity index (χ4n) is 7.12. The maximum atomic E-state index is 13.0. The summed E-state index contributed by atoms with van der Waals surface area (Å²) in [7, 11) is 3.94. The molecule has 0 aliphatic rings. The van der Waals surface area contributed by atoms with Gasteiger partial charge in [0.2, 0.25) is 0 Å². The number of carbonyl (C=O) groups excluding carboxylic acids is 2. The van der Waals surface area contributed by atoms with Gasteiger partial charge < -0.3 is 33.5 Å². The van der Waals surface area contributed by atoms with Crippen LogP contribution in [0.1, 0.15) is 66.2 Å². The molecule has 0 unspecified atom stereocenters. The lowest BCUT2D eigenvalue weighted by Crippen LogP contribution is -2.34. The van der Waals surface area contributed by atoms with Gasteiger partial charge >= 0.3 is 11.9 Å². The van der Waals surface area contributed by atoms with Crippen molar-refractivity contribution in [1.29, 1.82) is 0 Å². The molecule has 0 spiro atoms. The first-order chi connectivity index (χ1) is 30.2. The summed E-state index contributed by atoms with van der Waals surface area (Å²) >= 11 is 3.20. The molecular weight excluding hydrogens is 837 g/mol. The van der Waals surface area contributed by atoms with Crippen LogP contribution in [0, 0.1) is 0 Å². The highest BCUT2D eigenvalue weighted by Crippen LogP contribution is 2.29. The summed E-state index contributed by atoms with van der Waals surface area (Å²) in [6.45, 7) is 11.9. The van der Waals surface area contributed by atoms with E-state index in [-0.39, 0.29) is 42.2 Å². The number of nitrogens with zero attached hydrogens (tertiary/aromatic N) is 2. The van der Waals surface area contributed by atoms with Crippen molar-refractivity contribution in [3.8, 4) is 11.5 Å². The predicted molar refractivity (Wildman–Crippen MR) is 256 cm³/mol. The maximum absolute atomic E-state index is 13.0. The highest BCUT2D eigenvalue weighted by molar-refractivity contribution is 7.24. The van der Waals surface area contributed by atoms with Crippen LogP contribution in [-0.4, -0.2) is 99.6 Å². The first-order valence-electron chi connectivity index (χ1n) is 21.7. The molecule has 4 aromatic carbocycles. The third-order valence-corrected chi connectivity index (χ3v) is 13.3. The summed E-state index contributed by atoms with van der Waals surface area (Å²) < 4.78 is 33.2. The van der Waals surface area contributed by atoms with Crippen LogP contribution in [0.25, 0.3) is 40.3 Å². The Morgan fingerprint density at radius 3 is 1.52 bits per heavy atom. The van der Waals surface area contributed by atoms with Crippen molar-refractivity contribution in [2.45, 2.75) is 77.4 Å². The third-order valence-electron chi connectivity index (χ3n) is 10.9. The molecule has 0 saturated heterocycles. The lowest BCUT2D eigenvalue weighted by Gasteiger charge is -2.29. The van der Waals surface area contributed by atoms with Gasteiger partial charge in [-0.25, -0.2) is 0 Å². The molecule has 63 heavy (non-hydrogen) atoms. The zero-order valence-corrected chi connectivity index (χ0v) is 39.0. The molecule has 0 bridgehead atoms. The summed E-state index contributed by atoms with van der Waals surface area (Å²) in [5, 5.41) is 2.79. The van der Waals surface area contributed by atoms with Crippen LogP contribution >= 0.6 is 22.7 Å². The Morgan fingerprint density at radius 1 is 0.540 bits per heavy atom. The van der Waals surface area contributed by atoms with Crippen LogP contribution in [0.5, 0.6) is 11.5 Å². The van der Waals surface area contributed by atoms with Gasteiger partial charge in [-0.05, 0) is 115 Å². The molecule has 0 atom stereocenters. The molecule has 6 rings (SSSR count). The SMILES string of the molecule is CN(CCCOc1ccc2sc3ccccc3c(=O)c2c1)CCC(=O)OCCC(C)(C)OCCC(C)(C)OC(=O)CCN(C)CCCOc1ccc2sc3ccccc3c(=O)c2c1. The Balaban J connectivity index is 0.784. The molecule has 0 N–H and O–H groups in total. The maximum Gasteiger partial charge on any atom is 0.307 e. The summed E-state index contributed by atoms with van der Waals surface area (Å²) in [5.74, 6) is 0.829. The second-order valence-corrected chi connectivity index (χ2v) is 19.4. The van der Waals surface area contributed by atoms with E-state index in [0.29, 0.717) is 68.0 Å². The number of hydrogen-bond donors (Lipinski definition) is 0. The number of hydrogen-bond acceptors (Lipinski definition) is 13. The van der Waals surface area contributed by atoms with Gasteiger partial charge in [0, 0.05) is 79.4 Å². The van der Waals surface area contributed by atoms with E-state index in [2.05, 4.69) is 9.80 Å². The van der Waals surface area contributed by atoms with Crippen LogP contribution in [0.2, 0.25) is 0 Å². The van der Waals surface area contributed by atoms with Crippen molar-refractivity contribution >= 4 is 75.0 Å². The molecule has 6 aromatic rings. The first-order valence-corrected chi connectivity index (χ1v) is 23.3. The van der Waals surface area contributed by atoms with Crippen molar-refractivity contribution < 1.29 is 33.3 Å². The summed E-state index contributed by atoms with van der Waals surface area (Å²) in [6, 6.07) is 26.7. The van der Waals surface area contributed by atoms with Crippen molar-refractivity contribution in [2.24, 2.45) is 0 Å². The number of esters is 2. The predicted octanol–water partition coefficient (Wildman–Crippen LogP) is 9.47. The second-order valence-electron chi connectivity index (χ2n) is 17.2. The zero-order valence-electron chi connectivity index (χ0n) is 37.4. The van der Waals surface area contributed by atoms with E-state index < -0.39 is 11.2 Å². The average Bonchev–Trinajstić information content (AvgIpc) is 3.25. The summed E-state index contributed by atoms with van der Waals surface area (Å²) in [4.78, 5) is 55.4. The van der Waals surface area contributed by atoms with Crippen molar-refractivity contribution in [2.75, 3.05) is 66.7 Å². The molecule has 13 heteroatoms. The molecule has 0 aliphatic carbocycles. The minimum absolute atomic E-state index is 0.0217. The molecule has 0 aliphatic heterocycles. The lowest BCUT2D eigenvalue weighted by molar-refractivity contribution is -0.159. The van der Waals surface area contributed by atoms with Crippen molar-refractivity contribution in [3.05, 3.63) is 105 Å². The van der Waals surface area contributed by atoms with Gasteiger partial charge in [0.1, 0.15) is 17.1 Å². The Morgan fingerprint density at radius 2 is 1.00 bits per heavy atom. The van der Waals surface area contributed by atoms with E-state index in [9.17, 15) is 19.2 Å². The largest absolute Gasteiger partial charge is 0.494 e. The minimum atomic E-state index is -0.699. The summed E-state index contributed by atoms with van der Waals surface area (Å²) in [5.41, 5.74) is -1.18.